The molecular weight excluding hydrogens is 315 g/mol. The van der Waals surface area contributed by atoms with Crippen LogP contribution in [0.15, 0.2) is 0 Å². The lowest BCUT2D eigenvalue weighted by molar-refractivity contribution is -0.147. The minimum Gasteiger partial charge on any atom is -0.464 e. The van der Waals surface area contributed by atoms with E-state index in [0.29, 0.717) is 0 Å². The predicted octanol–water partition coefficient (Wildman–Crippen LogP) is 4.52. The maximum Gasteiger partial charge on any atom is 0.345 e. The monoisotopic (exact) mass is 340 g/mol. The Morgan fingerprint density at radius 2 is 1.80 bits per heavy atom. The number of hydrogen-bond acceptors (Lipinski definition) is 3. The van der Waals surface area contributed by atoms with Gasteiger partial charge in [0.1, 0.15) is 0 Å². The van der Waals surface area contributed by atoms with E-state index in [1.807, 2.05) is 0 Å². The van der Waals surface area contributed by atoms with Crippen molar-refractivity contribution in [1.29, 1.82) is 0 Å². The maximum atomic E-state index is 12.1. The van der Waals surface area contributed by atoms with Crippen molar-refractivity contribution in [3.8, 4) is 0 Å². The second-order valence-electron chi connectivity index (χ2n) is 6.39. The van der Waals surface area contributed by atoms with Crippen LogP contribution in [0.25, 0.3) is 0 Å². The molecule has 0 saturated heterocycles. The predicted molar refractivity (Wildman–Crippen MR) is 85.9 cm³/mol. The summed E-state index contributed by atoms with van der Waals surface area (Å²) in [7, 11) is -1.86. The number of carbonyl (C=O) groups is 1. The minimum absolute atomic E-state index is 0.231. The molecule has 20 heavy (non-hydrogen) atoms. The van der Waals surface area contributed by atoms with E-state index in [4.69, 9.17) is 32.4 Å². The van der Waals surface area contributed by atoms with Crippen LogP contribution in [-0.4, -0.2) is 31.3 Å². The van der Waals surface area contributed by atoms with Crippen molar-refractivity contribution in [2.45, 2.75) is 69.1 Å². The molecule has 1 atom stereocenters. The molecule has 6 heteroatoms. The Morgan fingerprint density at radius 3 is 2.25 bits per heavy atom. The van der Waals surface area contributed by atoms with Crippen LogP contribution < -0.4 is 0 Å². The summed E-state index contributed by atoms with van der Waals surface area (Å²) in [6.45, 7) is 8.26. The first kappa shape index (κ1) is 18.3. The molecule has 1 aliphatic carbocycles. The molecule has 1 saturated carbocycles. The third kappa shape index (κ3) is 5.21. The first-order valence-electron chi connectivity index (χ1n) is 7.41. The molecule has 3 nitrogen and oxygen atoms in total. The second kappa shape index (κ2) is 7.48. The Kier molecular flexibility index (Phi) is 6.83. The standard InChI is InChI=1S/C14H26Cl2O3Si/c1-5-18-13(17)14(15,16)12(19-20(2,3)4)11-9-7-6-8-10-11/h11-12H,5-10H2,1-4H3. The van der Waals surface area contributed by atoms with Crippen LogP contribution in [-0.2, 0) is 14.0 Å². The SMILES string of the molecule is CCOC(=O)C(Cl)(Cl)C(O[Si](C)(C)C)C1CCCCC1. The van der Waals surface area contributed by atoms with E-state index >= 15 is 0 Å². The van der Waals surface area contributed by atoms with Crippen molar-refractivity contribution in [1.82, 2.24) is 0 Å². The first-order chi connectivity index (χ1) is 9.18. The van der Waals surface area contributed by atoms with Crippen molar-refractivity contribution in [2.75, 3.05) is 6.61 Å². The largest absolute Gasteiger partial charge is 0.464 e. The van der Waals surface area contributed by atoms with Crippen LogP contribution in [0.4, 0.5) is 0 Å². The normalized spacial score (nSPS) is 19.7. The second-order valence-corrected chi connectivity index (χ2v) is 12.2. The van der Waals surface area contributed by atoms with Crippen LogP contribution in [0.3, 0.4) is 0 Å². The van der Waals surface area contributed by atoms with Crippen LogP contribution in [0, 0.1) is 5.92 Å². The quantitative estimate of drug-likeness (QED) is 0.405. The number of rotatable bonds is 6. The Bertz CT molecular complexity index is 323. The van der Waals surface area contributed by atoms with E-state index in [1.165, 1.54) is 6.42 Å². The highest BCUT2D eigenvalue weighted by atomic mass is 35.5. The molecule has 0 bridgehead atoms. The molecule has 1 aliphatic rings. The zero-order valence-corrected chi connectivity index (χ0v) is 15.4. The van der Waals surface area contributed by atoms with Gasteiger partial charge in [-0.3, -0.25) is 0 Å². The molecule has 0 aromatic heterocycles. The fraction of sp³-hybridized carbons (Fsp3) is 0.929. The number of halogens is 2. The Morgan fingerprint density at radius 1 is 1.25 bits per heavy atom. The number of esters is 1. The van der Waals surface area contributed by atoms with Crippen molar-refractivity contribution >= 4 is 37.5 Å². The van der Waals surface area contributed by atoms with Crippen LogP contribution in [0.1, 0.15) is 39.0 Å². The molecule has 0 heterocycles. The fourth-order valence-corrected chi connectivity index (χ4v) is 4.46. The van der Waals surface area contributed by atoms with E-state index < -0.39 is 24.7 Å². The lowest BCUT2D eigenvalue weighted by atomic mass is 9.84. The highest BCUT2D eigenvalue weighted by Crippen LogP contribution is 2.40. The zero-order chi connectivity index (χ0) is 15.4. The molecule has 0 aliphatic heterocycles. The van der Waals surface area contributed by atoms with Crippen molar-refractivity contribution in [3.63, 3.8) is 0 Å². The molecule has 0 aromatic rings. The van der Waals surface area contributed by atoms with Gasteiger partial charge >= 0.3 is 5.97 Å². The third-order valence-electron chi connectivity index (χ3n) is 3.46. The summed E-state index contributed by atoms with van der Waals surface area (Å²) in [4.78, 5) is 12.1. The number of ether oxygens (including phenoxy) is 1. The molecule has 0 N–H and O–H groups in total. The summed E-state index contributed by atoms with van der Waals surface area (Å²) in [5.74, 6) is -0.355. The maximum absolute atomic E-state index is 12.1. The summed E-state index contributed by atoms with van der Waals surface area (Å²) in [6.07, 6.45) is 5.06. The van der Waals surface area contributed by atoms with Crippen LogP contribution in [0.5, 0.6) is 0 Å². The van der Waals surface area contributed by atoms with Gasteiger partial charge in [0.25, 0.3) is 0 Å². The number of carbonyl (C=O) groups excluding carboxylic acids is 1. The Labute approximate surface area is 133 Å². The molecule has 0 amide bonds. The molecule has 1 unspecified atom stereocenters. The Balaban J connectivity index is 2.92. The number of alkyl halides is 2. The molecule has 1 fully saturated rings. The molecule has 0 radical (unpaired) electrons. The molecule has 0 spiro atoms. The summed E-state index contributed by atoms with van der Waals surface area (Å²) in [5, 5.41) is 0. The zero-order valence-electron chi connectivity index (χ0n) is 12.9. The van der Waals surface area contributed by atoms with Gasteiger partial charge in [0.05, 0.1) is 12.7 Å². The van der Waals surface area contributed by atoms with Crippen molar-refractivity contribution < 1.29 is 14.0 Å². The minimum atomic E-state index is -1.86. The topological polar surface area (TPSA) is 35.5 Å². The highest BCUT2D eigenvalue weighted by Gasteiger charge is 2.49. The lowest BCUT2D eigenvalue weighted by Gasteiger charge is -2.39. The van der Waals surface area contributed by atoms with Gasteiger partial charge in [-0.2, -0.15) is 0 Å². The average Bonchev–Trinajstić information content (AvgIpc) is 2.36. The third-order valence-corrected chi connectivity index (χ3v) is 5.16. The summed E-state index contributed by atoms with van der Waals surface area (Å²) in [5.41, 5.74) is 0. The van der Waals surface area contributed by atoms with Gasteiger partial charge in [-0.15, -0.1) is 0 Å². The highest BCUT2D eigenvalue weighted by molar-refractivity contribution is 6.70. The van der Waals surface area contributed by atoms with E-state index in [-0.39, 0.29) is 12.5 Å². The van der Waals surface area contributed by atoms with Crippen molar-refractivity contribution in [2.24, 2.45) is 5.92 Å². The van der Waals surface area contributed by atoms with Gasteiger partial charge in [0.15, 0.2) is 8.32 Å². The van der Waals surface area contributed by atoms with Gasteiger partial charge in [-0.05, 0) is 45.3 Å². The Hall–Kier alpha value is 0.227. The van der Waals surface area contributed by atoms with Crippen molar-refractivity contribution in [3.05, 3.63) is 0 Å². The summed E-state index contributed by atoms with van der Waals surface area (Å²) >= 11 is 12.7. The average molecular weight is 341 g/mol. The van der Waals surface area contributed by atoms with Gasteiger partial charge in [0, 0.05) is 0 Å². The smallest absolute Gasteiger partial charge is 0.345 e. The van der Waals surface area contributed by atoms with E-state index in [9.17, 15) is 4.79 Å². The summed E-state index contributed by atoms with van der Waals surface area (Å²) < 4.78 is 9.60. The van der Waals surface area contributed by atoms with E-state index in [2.05, 4.69) is 19.6 Å². The van der Waals surface area contributed by atoms with Gasteiger partial charge in [-0.25, -0.2) is 4.79 Å². The number of hydrogen-bond donors (Lipinski definition) is 0. The lowest BCUT2D eigenvalue weighted by Crippen LogP contribution is -2.51. The molecule has 1 rings (SSSR count). The van der Waals surface area contributed by atoms with E-state index in [0.717, 1.165) is 25.7 Å². The fourth-order valence-electron chi connectivity index (χ4n) is 2.63. The summed E-state index contributed by atoms with van der Waals surface area (Å²) in [6, 6.07) is 0. The van der Waals surface area contributed by atoms with Crippen LogP contribution >= 0.6 is 23.2 Å². The van der Waals surface area contributed by atoms with Gasteiger partial charge < -0.3 is 9.16 Å². The molecule has 0 aromatic carbocycles. The molecular formula is C14H26Cl2O3Si. The van der Waals surface area contributed by atoms with Gasteiger partial charge in [-0.1, -0.05) is 42.5 Å². The van der Waals surface area contributed by atoms with Gasteiger partial charge in [0.2, 0.25) is 4.33 Å². The first-order valence-corrected chi connectivity index (χ1v) is 11.6. The molecule has 118 valence electrons. The van der Waals surface area contributed by atoms with Crippen LogP contribution in [0.2, 0.25) is 19.6 Å². The van der Waals surface area contributed by atoms with E-state index in [1.54, 1.807) is 6.92 Å².